The van der Waals surface area contributed by atoms with Crippen LogP contribution in [0.25, 0.3) is 11.3 Å². The second-order valence-corrected chi connectivity index (χ2v) is 8.92. The van der Waals surface area contributed by atoms with E-state index in [1.165, 1.54) is 4.31 Å². The molecule has 1 aliphatic carbocycles. The zero-order valence-electron chi connectivity index (χ0n) is 15.4. The molecule has 0 atom stereocenters. The second-order valence-electron chi connectivity index (χ2n) is 7.06. The molecule has 2 aromatic rings. The van der Waals surface area contributed by atoms with E-state index in [9.17, 15) is 13.5 Å². The fourth-order valence-corrected chi connectivity index (χ4v) is 5.37. The summed E-state index contributed by atoms with van der Waals surface area (Å²) in [5, 5.41) is 14.0. The van der Waals surface area contributed by atoms with Crippen molar-refractivity contribution in [3.05, 3.63) is 36.5 Å². The van der Waals surface area contributed by atoms with Gasteiger partial charge in [0.2, 0.25) is 10.0 Å². The zero-order chi connectivity index (χ0) is 18.7. The number of benzene rings is 1. The van der Waals surface area contributed by atoms with Crippen LogP contribution in [0.2, 0.25) is 0 Å². The topological polar surface area (TPSA) is 75.4 Å². The summed E-state index contributed by atoms with van der Waals surface area (Å²) >= 11 is 0. The number of aliphatic hydroxyl groups excluding tert-OH is 1. The standard InChI is InChI=1S/C19H27N3O3S/c1-15(2)22(12-13-23)26(24,25)18-14-21(17-10-6-7-11-17)20-19(18)16-8-4-3-5-9-16/h3-5,8-9,14-15,17,23H,6-7,10-13H2,1-2H3. The highest BCUT2D eigenvalue weighted by molar-refractivity contribution is 7.89. The average Bonchev–Trinajstić information content (AvgIpc) is 3.29. The van der Waals surface area contributed by atoms with E-state index in [0.717, 1.165) is 31.2 Å². The predicted molar refractivity (Wildman–Crippen MR) is 101 cm³/mol. The van der Waals surface area contributed by atoms with E-state index >= 15 is 0 Å². The van der Waals surface area contributed by atoms with Gasteiger partial charge in [-0.15, -0.1) is 0 Å². The van der Waals surface area contributed by atoms with Crippen LogP contribution in [0, 0.1) is 0 Å². The van der Waals surface area contributed by atoms with Crippen molar-refractivity contribution in [1.29, 1.82) is 0 Å². The lowest BCUT2D eigenvalue weighted by Gasteiger charge is -2.24. The Morgan fingerprint density at radius 3 is 2.46 bits per heavy atom. The van der Waals surface area contributed by atoms with Crippen LogP contribution in [-0.2, 0) is 10.0 Å². The van der Waals surface area contributed by atoms with Gasteiger partial charge >= 0.3 is 0 Å². The van der Waals surface area contributed by atoms with Crippen LogP contribution in [0.15, 0.2) is 41.4 Å². The molecule has 26 heavy (non-hydrogen) atoms. The van der Waals surface area contributed by atoms with Crippen LogP contribution in [0.5, 0.6) is 0 Å². The van der Waals surface area contributed by atoms with Crippen molar-refractivity contribution < 1.29 is 13.5 Å². The van der Waals surface area contributed by atoms with Gasteiger partial charge in [-0.2, -0.15) is 9.40 Å². The van der Waals surface area contributed by atoms with Crippen molar-refractivity contribution in [2.45, 2.75) is 56.5 Å². The molecule has 7 heteroatoms. The van der Waals surface area contributed by atoms with E-state index in [0.29, 0.717) is 5.69 Å². The summed E-state index contributed by atoms with van der Waals surface area (Å²) in [6.45, 7) is 3.49. The highest BCUT2D eigenvalue weighted by atomic mass is 32.2. The molecule has 0 saturated heterocycles. The third-order valence-electron chi connectivity index (χ3n) is 4.93. The van der Waals surface area contributed by atoms with Crippen LogP contribution in [-0.4, -0.2) is 46.8 Å². The van der Waals surface area contributed by atoms with E-state index in [2.05, 4.69) is 5.10 Å². The Kier molecular flexibility index (Phi) is 5.79. The first-order valence-corrected chi connectivity index (χ1v) is 10.7. The number of aliphatic hydroxyl groups is 1. The Morgan fingerprint density at radius 2 is 1.88 bits per heavy atom. The Morgan fingerprint density at radius 1 is 1.23 bits per heavy atom. The minimum absolute atomic E-state index is 0.0723. The molecular formula is C19H27N3O3S. The summed E-state index contributed by atoms with van der Waals surface area (Å²) in [6, 6.07) is 9.44. The zero-order valence-corrected chi connectivity index (χ0v) is 16.2. The van der Waals surface area contributed by atoms with Gasteiger partial charge in [-0.3, -0.25) is 4.68 Å². The van der Waals surface area contributed by atoms with Crippen molar-refractivity contribution in [3.63, 3.8) is 0 Å². The van der Waals surface area contributed by atoms with Crippen LogP contribution in [0.3, 0.4) is 0 Å². The van der Waals surface area contributed by atoms with Gasteiger partial charge in [-0.1, -0.05) is 43.2 Å². The number of rotatable bonds is 7. The molecule has 142 valence electrons. The molecular weight excluding hydrogens is 350 g/mol. The van der Waals surface area contributed by atoms with Crippen molar-refractivity contribution in [3.8, 4) is 11.3 Å². The molecule has 6 nitrogen and oxygen atoms in total. The largest absolute Gasteiger partial charge is 0.395 e. The van der Waals surface area contributed by atoms with Crippen molar-refractivity contribution >= 4 is 10.0 Å². The highest BCUT2D eigenvalue weighted by Gasteiger charge is 2.32. The SMILES string of the molecule is CC(C)N(CCO)S(=O)(=O)c1cn(C2CCCC2)nc1-c1ccccc1. The number of aromatic nitrogens is 2. The molecule has 0 bridgehead atoms. The maximum Gasteiger partial charge on any atom is 0.247 e. The summed E-state index contributed by atoms with van der Waals surface area (Å²) in [5.74, 6) is 0. The maximum atomic E-state index is 13.3. The smallest absolute Gasteiger partial charge is 0.247 e. The third-order valence-corrected chi connectivity index (χ3v) is 7.00. The normalized spacial score (nSPS) is 16.0. The lowest BCUT2D eigenvalue weighted by molar-refractivity contribution is 0.236. The second kappa shape index (κ2) is 7.90. The van der Waals surface area contributed by atoms with E-state index in [1.807, 2.05) is 48.9 Å². The fraction of sp³-hybridized carbons (Fsp3) is 0.526. The first-order valence-electron chi connectivity index (χ1n) is 9.22. The van der Waals surface area contributed by atoms with E-state index in [1.54, 1.807) is 6.20 Å². The monoisotopic (exact) mass is 377 g/mol. The highest BCUT2D eigenvalue weighted by Crippen LogP contribution is 2.34. The van der Waals surface area contributed by atoms with Gasteiger partial charge < -0.3 is 5.11 Å². The van der Waals surface area contributed by atoms with Crippen LogP contribution >= 0.6 is 0 Å². The van der Waals surface area contributed by atoms with E-state index in [-0.39, 0.29) is 30.1 Å². The van der Waals surface area contributed by atoms with Crippen LogP contribution < -0.4 is 0 Å². The molecule has 1 aromatic heterocycles. The predicted octanol–water partition coefficient (Wildman–Crippen LogP) is 3.06. The lowest BCUT2D eigenvalue weighted by Crippen LogP contribution is -2.39. The summed E-state index contributed by atoms with van der Waals surface area (Å²) in [7, 11) is -3.76. The first-order chi connectivity index (χ1) is 12.4. The summed E-state index contributed by atoms with van der Waals surface area (Å²) < 4.78 is 29.9. The molecule has 0 unspecified atom stereocenters. The van der Waals surface area contributed by atoms with Gasteiger partial charge in [-0.05, 0) is 26.7 Å². The summed E-state index contributed by atoms with van der Waals surface area (Å²) in [5.41, 5.74) is 1.27. The van der Waals surface area contributed by atoms with Gasteiger partial charge in [-0.25, -0.2) is 8.42 Å². The number of hydrogen-bond acceptors (Lipinski definition) is 4. The minimum atomic E-state index is -3.76. The fourth-order valence-electron chi connectivity index (χ4n) is 3.60. The molecule has 1 N–H and O–H groups in total. The van der Waals surface area contributed by atoms with Gasteiger partial charge in [0.05, 0.1) is 12.6 Å². The molecule has 1 aromatic carbocycles. The van der Waals surface area contributed by atoms with Crippen LogP contribution in [0.1, 0.15) is 45.6 Å². The molecule has 0 aliphatic heterocycles. The lowest BCUT2D eigenvalue weighted by atomic mass is 10.2. The van der Waals surface area contributed by atoms with Gasteiger partial charge in [0, 0.05) is 24.3 Å². The van der Waals surface area contributed by atoms with Gasteiger partial charge in [0.15, 0.2) is 0 Å². The minimum Gasteiger partial charge on any atom is -0.395 e. The van der Waals surface area contributed by atoms with Crippen molar-refractivity contribution in [1.82, 2.24) is 14.1 Å². The molecule has 0 radical (unpaired) electrons. The molecule has 3 rings (SSSR count). The molecule has 1 saturated carbocycles. The maximum absolute atomic E-state index is 13.3. The number of nitrogens with zero attached hydrogens (tertiary/aromatic N) is 3. The number of sulfonamides is 1. The molecule has 0 spiro atoms. The first kappa shape index (κ1) is 19.1. The Balaban J connectivity index is 2.12. The average molecular weight is 378 g/mol. The quantitative estimate of drug-likeness (QED) is 0.805. The Hall–Kier alpha value is -1.70. The van der Waals surface area contributed by atoms with Crippen LogP contribution in [0.4, 0.5) is 0 Å². The van der Waals surface area contributed by atoms with Crippen molar-refractivity contribution in [2.24, 2.45) is 0 Å². The summed E-state index contributed by atoms with van der Waals surface area (Å²) in [4.78, 5) is 0.220. The molecule has 1 heterocycles. The van der Waals surface area contributed by atoms with Gasteiger partial charge in [0.1, 0.15) is 10.6 Å². The number of hydrogen-bond donors (Lipinski definition) is 1. The van der Waals surface area contributed by atoms with E-state index in [4.69, 9.17) is 0 Å². The van der Waals surface area contributed by atoms with E-state index < -0.39 is 10.0 Å². The molecule has 1 fully saturated rings. The molecule has 1 aliphatic rings. The third kappa shape index (κ3) is 3.70. The Bertz CT molecular complexity index is 825. The Labute approximate surface area is 155 Å². The van der Waals surface area contributed by atoms with Crippen molar-refractivity contribution in [2.75, 3.05) is 13.2 Å². The summed E-state index contributed by atoms with van der Waals surface area (Å²) in [6.07, 6.45) is 6.03. The molecule has 0 amide bonds. The van der Waals surface area contributed by atoms with Gasteiger partial charge in [0.25, 0.3) is 0 Å².